The molecule has 18 nitrogen and oxygen atoms in total. The fourth-order valence-corrected chi connectivity index (χ4v) is 13.1. The van der Waals surface area contributed by atoms with Crippen LogP contribution >= 0.6 is 0 Å². The molecule has 0 fully saturated rings. The maximum Gasteiger partial charge on any atom is 0.399 e. The zero-order valence-electron chi connectivity index (χ0n) is 82.5. The Morgan fingerprint density at radius 3 is 0.500 bits per heavy atom. The SMILES string of the molecule is CC.CC.CC.CC.CC.CC.CC.CC.CC(C)c1cc(C(c2ccc(N)c(C(C)C)c2)C(F)(F)F)ccc1N.Nc1ccc(C(c2ccc(N)cc2)C(F)(F)F)cc1.Nc1ccc(C(c2ccc(N)cc2)C(F)(F)F)cc1.O=[N+]([O-])c1cc(C(c2ccc(O)c([N+](=O)[O-])c2)C(F)(F)F)ccc1O.Oc1ccc(C(c2ccc(O)cc2)C(F)(F)F)cc1.Oc1ccc(C(c2ccc(O)cc2)C(F)(F)F)cc1. The van der Waals surface area contributed by atoms with E-state index >= 15 is 0 Å². The quantitative estimate of drug-likeness (QED) is 0.0185. The first-order valence-corrected chi connectivity index (χ1v) is 45.3. The molecule has 0 bridgehead atoms. The summed E-state index contributed by atoms with van der Waals surface area (Å²) in [6.45, 7) is 39.7. The van der Waals surface area contributed by atoms with Crippen LogP contribution in [0.15, 0.2) is 267 Å². The van der Waals surface area contributed by atoms with Gasteiger partial charge in [-0.3, -0.25) is 20.2 Å². The molecule has 0 atom stereocenters. The second-order valence-corrected chi connectivity index (χ2v) is 29.0. The number of anilines is 6. The summed E-state index contributed by atoms with van der Waals surface area (Å²) in [4.78, 5) is 19.5. The monoisotopic (exact) mass is 2020 g/mol. The van der Waals surface area contributed by atoms with Crippen molar-refractivity contribution >= 4 is 45.5 Å². The summed E-state index contributed by atoms with van der Waals surface area (Å²) in [7, 11) is 0. The van der Waals surface area contributed by atoms with Gasteiger partial charge in [-0.2, -0.15) is 79.0 Å². The second kappa shape index (κ2) is 62.1. The molecule has 142 heavy (non-hydrogen) atoms. The summed E-state index contributed by atoms with van der Waals surface area (Å²) in [5.41, 5.74) is 36.2. The molecule has 0 unspecified atom stereocenters. The minimum Gasteiger partial charge on any atom is -0.508 e. The molecule has 0 spiro atoms. The Balaban J connectivity index is 0. The number of phenolic OH excluding ortho intramolecular Hbond substituents is 6. The third-order valence-corrected chi connectivity index (χ3v) is 19.1. The lowest BCUT2D eigenvalue weighted by atomic mass is 9.85. The van der Waals surface area contributed by atoms with Gasteiger partial charge in [0.25, 0.3) is 0 Å². The average Bonchev–Trinajstić information content (AvgIpc) is 0.782. The first kappa shape index (κ1) is 130. The van der Waals surface area contributed by atoms with Gasteiger partial charge < -0.3 is 65.0 Å². The molecule has 0 heterocycles. The van der Waals surface area contributed by atoms with Crippen molar-refractivity contribution in [3.8, 4) is 34.5 Å². The molecule has 0 aliphatic carbocycles. The summed E-state index contributed by atoms with van der Waals surface area (Å²) in [5, 5.41) is 76.9. The lowest BCUT2D eigenvalue weighted by molar-refractivity contribution is -0.386. The van der Waals surface area contributed by atoms with Gasteiger partial charge in [0, 0.05) is 46.3 Å². The number of hydrogen-bond donors (Lipinski definition) is 12. The fraction of sp³-hybridized carbons (Fsp3) is 0.321. The molecule has 0 amide bonds. The molecule has 0 saturated carbocycles. The molecule has 0 radical (unpaired) electrons. The lowest BCUT2D eigenvalue weighted by Crippen LogP contribution is -2.22. The maximum absolute atomic E-state index is 13.9. The number of nitro benzene ring substituents is 2. The van der Waals surface area contributed by atoms with Gasteiger partial charge in [0.05, 0.1) is 9.85 Å². The van der Waals surface area contributed by atoms with Crippen molar-refractivity contribution in [1.82, 2.24) is 0 Å². The van der Waals surface area contributed by atoms with Gasteiger partial charge in [0.2, 0.25) is 0 Å². The van der Waals surface area contributed by atoms with E-state index in [-0.39, 0.29) is 90.5 Å². The first-order chi connectivity index (χ1) is 66.5. The number of halogens is 18. The van der Waals surface area contributed by atoms with Gasteiger partial charge in [-0.1, -0.05) is 272 Å². The molecule has 0 aliphatic rings. The highest BCUT2D eigenvalue weighted by Gasteiger charge is 2.48. The number of phenols is 6. The molecule has 12 aromatic rings. The standard InChI is InChI=1S/C20H25F3N2.C14H9F3N2O6.2C14H13F3N2.2C14H11F3O2.8C2H6/c1-11(2)15-9-13(5-7-17(15)24)19(20(21,22)23)14-6-8-18(25)16(10-14)12(3)4;15-14(16,17)13(7-1-3-11(20)9(5-7)18(22)23)8-2-4-12(21)10(6-8)19(24)25;4*15-14(16,17)13(9-1-5-11(18)6-2-9)10-3-7-12(19)8-4-10;8*1-2/h5-12,19H,24-25H2,1-4H3;1-6,13,20-21H;2*1-8,13H,18-19H2;2*1-8,13,18-19H;8*1-2H3. The molecule has 0 aliphatic heterocycles. The molecule has 780 valence electrons. The van der Waals surface area contributed by atoms with Crippen molar-refractivity contribution in [2.75, 3.05) is 34.4 Å². The Labute approximate surface area is 818 Å². The normalized spacial score (nSPS) is 10.9. The van der Waals surface area contributed by atoms with Crippen molar-refractivity contribution in [2.45, 2.75) is 223 Å². The summed E-state index contributed by atoms with van der Waals surface area (Å²) < 4.78 is 241. The summed E-state index contributed by atoms with van der Waals surface area (Å²) >= 11 is 0. The summed E-state index contributed by atoms with van der Waals surface area (Å²) in [6.07, 6.45) is -27.0. The molecular formula is C106H130F18N8O10. The molecule has 0 aromatic heterocycles. The third-order valence-electron chi connectivity index (χ3n) is 19.1. The molecule has 0 saturated heterocycles. The van der Waals surface area contributed by atoms with Crippen molar-refractivity contribution in [1.29, 1.82) is 0 Å². The van der Waals surface area contributed by atoms with Crippen LogP contribution in [0.3, 0.4) is 0 Å². The Morgan fingerprint density at radius 2 is 0.352 bits per heavy atom. The van der Waals surface area contributed by atoms with Gasteiger partial charge in [-0.25, -0.2) is 0 Å². The number of nitrogens with two attached hydrogens (primary N) is 6. The van der Waals surface area contributed by atoms with E-state index in [4.69, 9.17) is 54.8 Å². The largest absolute Gasteiger partial charge is 0.508 e. The smallest absolute Gasteiger partial charge is 0.399 e. The van der Waals surface area contributed by atoms with E-state index in [0.29, 0.717) is 46.3 Å². The van der Waals surface area contributed by atoms with Crippen molar-refractivity contribution in [3.63, 3.8) is 0 Å². The Bertz CT molecular complexity index is 4860. The minimum absolute atomic E-state index is 0.0380. The van der Waals surface area contributed by atoms with Crippen LogP contribution in [0.4, 0.5) is 125 Å². The van der Waals surface area contributed by atoms with Crippen molar-refractivity contribution in [3.05, 3.63) is 365 Å². The molecule has 18 N–H and O–H groups in total. The Hall–Kier alpha value is -14.2. The van der Waals surface area contributed by atoms with Crippen molar-refractivity contribution < 1.29 is 120 Å². The van der Waals surface area contributed by atoms with Crippen molar-refractivity contribution in [2.24, 2.45) is 0 Å². The van der Waals surface area contributed by atoms with Crippen LogP contribution in [-0.2, 0) is 0 Å². The van der Waals surface area contributed by atoms with E-state index in [0.717, 1.165) is 35.4 Å². The van der Waals surface area contributed by atoms with Crippen LogP contribution in [0.1, 0.15) is 264 Å². The fourth-order valence-electron chi connectivity index (χ4n) is 13.1. The first-order valence-electron chi connectivity index (χ1n) is 45.3. The molecular weight excluding hydrogens is 1890 g/mol. The molecule has 12 rings (SSSR count). The van der Waals surface area contributed by atoms with E-state index in [1.54, 1.807) is 24.3 Å². The van der Waals surface area contributed by atoms with Crippen LogP contribution < -0.4 is 34.4 Å². The van der Waals surface area contributed by atoms with Crippen LogP contribution in [0.2, 0.25) is 0 Å². The summed E-state index contributed by atoms with van der Waals surface area (Å²) in [5.74, 6) is -12.9. The predicted octanol–water partition coefficient (Wildman–Crippen LogP) is 32.3. The third kappa shape index (κ3) is 41.3. The van der Waals surface area contributed by atoms with Crippen LogP contribution in [0.5, 0.6) is 34.5 Å². The van der Waals surface area contributed by atoms with E-state index < -0.39 is 116 Å². The van der Waals surface area contributed by atoms with E-state index in [9.17, 15) is 109 Å². The Morgan fingerprint density at radius 1 is 0.218 bits per heavy atom. The topological polar surface area (TPSA) is 364 Å². The summed E-state index contributed by atoms with van der Waals surface area (Å²) in [6, 6.07) is 55.9. The number of hydrogen-bond acceptors (Lipinski definition) is 16. The average molecular weight is 2020 g/mol. The van der Waals surface area contributed by atoms with E-state index in [2.05, 4.69) is 0 Å². The minimum atomic E-state index is -4.93. The van der Waals surface area contributed by atoms with E-state index in [1.165, 1.54) is 206 Å². The Kier molecular flexibility index (Phi) is 56.7. The predicted molar refractivity (Wildman–Crippen MR) is 533 cm³/mol. The second-order valence-electron chi connectivity index (χ2n) is 29.0. The van der Waals surface area contributed by atoms with Gasteiger partial charge >= 0.3 is 48.4 Å². The molecule has 12 aromatic carbocycles. The number of nitro groups is 2. The highest BCUT2D eigenvalue weighted by molar-refractivity contribution is 5.58. The lowest BCUT2D eigenvalue weighted by Gasteiger charge is -2.24. The zero-order chi connectivity index (χ0) is 110. The van der Waals surface area contributed by atoms with E-state index in [1.807, 2.05) is 138 Å². The molecule has 36 heteroatoms. The number of aromatic hydroxyl groups is 6. The highest BCUT2D eigenvalue weighted by atomic mass is 19.4. The zero-order valence-corrected chi connectivity index (χ0v) is 82.5. The van der Waals surface area contributed by atoms with Gasteiger partial charge in [-0.15, -0.1) is 0 Å². The highest BCUT2D eigenvalue weighted by Crippen LogP contribution is 2.49. The van der Waals surface area contributed by atoms with Gasteiger partial charge in [0.1, 0.15) is 58.5 Å². The number of nitrogen functional groups attached to an aromatic ring is 6. The van der Waals surface area contributed by atoms with Gasteiger partial charge in [-0.05, 0) is 211 Å². The number of alkyl halides is 18. The van der Waals surface area contributed by atoms with Gasteiger partial charge in [0.15, 0.2) is 11.5 Å². The maximum atomic E-state index is 13.9. The van der Waals surface area contributed by atoms with Crippen LogP contribution in [0.25, 0.3) is 0 Å². The number of benzene rings is 12. The van der Waals surface area contributed by atoms with Crippen LogP contribution in [-0.4, -0.2) is 77.5 Å². The number of nitrogens with zero attached hydrogens (tertiary/aromatic N) is 2. The van der Waals surface area contributed by atoms with Crippen LogP contribution in [0, 0.1) is 20.2 Å². The number of rotatable bonds is 16.